The second-order valence-corrected chi connectivity index (χ2v) is 6.04. The van der Waals surface area contributed by atoms with E-state index >= 15 is 0 Å². The Morgan fingerprint density at radius 2 is 1.96 bits per heavy atom. The maximum atomic E-state index is 11.6. The number of carbonyl (C=O) groups is 1. The Balaban J connectivity index is 1.80. The molecule has 1 amide bonds. The van der Waals surface area contributed by atoms with E-state index in [0.29, 0.717) is 5.56 Å². The predicted octanol–water partition coefficient (Wildman–Crippen LogP) is 2.22. The molecule has 1 heterocycles. The average molecular weight is 310 g/mol. The van der Waals surface area contributed by atoms with Crippen LogP contribution in [0.5, 0.6) is 0 Å². The van der Waals surface area contributed by atoms with Crippen molar-refractivity contribution in [1.82, 2.24) is 5.32 Å². The van der Waals surface area contributed by atoms with Gasteiger partial charge >= 0.3 is 0 Å². The summed E-state index contributed by atoms with van der Waals surface area (Å²) in [6.45, 7) is 1.84. The summed E-state index contributed by atoms with van der Waals surface area (Å²) in [6.07, 6.45) is 0.929. The van der Waals surface area contributed by atoms with E-state index in [1.54, 1.807) is 7.05 Å². The minimum Gasteiger partial charge on any atom is -0.396 e. The van der Waals surface area contributed by atoms with Crippen molar-refractivity contribution in [1.29, 1.82) is 0 Å². The largest absolute Gasteiger partial charge is 0.396 e. The maximum Gasteiger partial charge on any atom is 0.251 e. The molecule has 0 aliphatic carbocycles. The maximum absolute atomic E-state index is 11.6. The quantitative estimate of drug-likeness (QED) is 0.910. The summed E-state index contributed by atoms with van der Waals surface area (Å²) in [6, 6.07) is 16.1. The van der Waals surface area contributed by atoms with E-state index in [0.717, 1.165) is 25.1 Å². The van der Waals surface area contributed by atoms with Crippen molar-refractivity contribution in [2.45, 2.75) is 13.0 Å². The fourth-order valence-corrected chi connectivity index (χ4v) is 3.18. The van der Waals surface area contributed by atoms with Crippen molar-refractivity contribution < 1.29 is 9.90 Å². The van der Waals surface area contributed by atoms with Gasteiger partial charge in [-0.15, -0.1) is 0 Å². The molecule has 1 aliphatic rings. The van der Waals surface area contributed by atoms with Crippen molar-refractivity contribution in [3.05, 3.63) is 65.2 Å². The van der Waals surface area contributed by atoms with Gasteiger partial charge in [0.1, 0.15) is 0 Å². The van der Waals surface area contributed by atoms with Gasteiger partial charge in [-0.05, 0) is 35.7 Å². The van der Waals surface area contributed by atoms with Crippen molar-refractivity contribution >= 4 is 11.6 Å². The van der Waals surface area contributed by atoms with Gasteiger partial charge in [-0.1, -0.05) is 30.3 Å². The minimum atomic E-state index is -0.0692. The molecule has 0 spiro atoms. The summed E-state index contributed by atoms with van der Waals surface area (Å²) in [5, 5.41) is 12.2. The molecule has 120 valence electrons. The standard InChI is InChI=1S/C19H22N2O2/c1-20-19(23)16-8-6-14(7-9-16)11-21-12-15(13-22)10-17-4-2-3-5-18(17)21/h2-9,15,22H,10-13H2,1H3,(H,20,23). The summed E-state index contributed by atoms with van der Waals surface area (Å²) >= 11 is 0. The molecule has 0 fully saturated rings. The van der Waals surface area contributed by atoms with Crippen LogP contribution in [0, 0.1) is 5.92 Å². The molecule has 1 atom stereocenters. The lowest BCUT2D eigenvalue weighted by molar-refractivity contribution is 0.0963. The molecule has 0 bridgehead atoms. The van der Waals surface area contributed by atoms with E-state index in [1.165, 1.54) is 11.3 Å². The predicted molar refractivity (Wildman–Crippen MR) is 91.6 cm³/mol. The number of aliphatic hydroxyl groups is 1. The number of hydrogen-bond donors (Lipinski definition) is 2. The van der Waals surface area contributed by atoms with E-state index < -0.39 is 0 Å². The van der Waals surface area contributed by atoms with Crippen LogP contribution in [0.1, 0.15) is 21.5 Å². The molecule has 0 saturated heterocycles. The van der Waals surface area contributed by atoms with Gasteiger partial charge < -0.3 is 15.3 Å². The first-order chi connectivity index (χ1) is 11.2. The highest BCUT2D eigenvalue weighted by Crippen LogP contribution is 2.30. The lowest BCUT2D eigenvalue weighted by Gasteiger charge is -2.35. The Morgan fingerprint density at radius 1 is 1.22 bits per heavy atom. The van der Waals surface area contributed by atoms with Crippen LogP contribution in [0.2, 0.25) is 0 Å². The molecule has 1 unspecified atom stereocenters. The third kappa shape index (κ3) is 3.37. The summed E-state index contributed by atoms with van der Waals surface area (Å²) in [5.41, 5.74) is 4.36. The Kier molecular flexibility index (Phi) is 4.63. The van der Waals surface area contributed by atoms with E-state index in [9.17, 15) is 9.90 Å². The highest BCUT2D eigenvalue weighted by atomic mass is 16.3. The Bertz CT molecular complexity index is 682. The number of para-hydroxylation sites is 1. The molecule has 0 radical (unpaired) electrons. The zero-order valence-corrected chi connectivity index (χ0v) is 13.3. The van der Waals surface area contributed by atoms with E-state index in [-0.39, 0.29) is 18.4 Å². The van der Waals surface area contributed by atoms with E-state index in [4.69, 9.17) is 0 Å². The highest BCUT2D eigenvalue weighted by molar-refractivity contribution is 5.93. The number of carbonyl (C=O) groups excluding carboxylic acids is 1. The van der Waals surface area contributed by atoms with Crippen LogP contribution in [0.25, 0.3) is 0 Å². The van der Waals surface area contributed by atoms with Crippen LogP contribution in [0.15, 0.2) is 48.5 Å². The number of rotatable bonds is 4. The molecule has 2 N–H and O–H groups in total. The van der Waals surface area contributed by atoms with Gasteiger partial charge in [0, 0.05) is 43.9 Å². The number of nitrogens with zero attached hydrogens (tertiary/aromatic N) is 1. The van der Waals surface area contributed by atoms with Crippen molar-refractivity contribution in [2.24, 2.45) is 5.92 Å². The SMILES string of the molecule is CNC(=O)c1ccc(CN2CC(CO)Cc3ccccc32)cc1. The number of amides is 1. The fraction of sp³-hybridized carbons (Fsp3) is 0.316. The lowest BCUT2D eigenvalue weighted by Crippen LogP contribution is -2.36. The van der Waals surface area contributed by atoms with Crippen LogP contribution in [-0.2, 0) is 13.0 Å². The average Bonchev–Trinajstić information content (AvgIpc) is 2.61. The molecular weight excluding hydrogens is 288 g/mol. The Hall–Kier alpha value is -2.33. The van der Waals surface area contributed by atoms with Crippen LogP contribution < -0.4 is 10.2 Å². The van der Waals surface area contributed by atoms with Gasteiger partial charge in [0.25, 0.3) is 5.91 Å². The second-order valence-electron chi connectivity index (χ2n) is 6.04. The number of fused-ring (bicyclic) bond motifs is 1. The molecule has 2 aromatic carbocycles. The van der Waals surface area contributed by atoms with Gasteiger partial charge in [0.15, 0.2) is 0 Å². The smallest absolute Gasteiger partial charge is 0.251 e. The zero-order chi connectivity index (χ0) is 16.2. The summed E-state index contributed by atoms with van der Waals surface area (Å²) in [7, 11) is 1.63. The number of aliphatic hydroxyl groups excluding tert-OH is 1. The molecule has 3 rings (SSSR count). The van der Waals surface area contributed by atoms with Crippen molar-refractivity contribution in [3.63, 3.8) is 0 Å². The monoisotopic (exact) mass is 310 g/mol. The topological polar surface area (TPSA) is 52.6 Å². The molecule has 0 aromatic heterocycles. The van der Waals surface area contributed by atoms with Crippen LogP contribution in [0.3, 0.4) is 0 Å². The third-order valence-corrected chi connectivity index (χ3v) is 4.39. The highest BCUT2D eigenvalue weighted by Gasteiger charge is 2.23. The molecule has 4 nitrogen and oxygen atoms in total. The summed E-state index contributed by atoms with van der Waals surface area (Å²) in [4.78, 5) is 13.9. The Labute approximate surface area is 136 Å². The first kappa shape index (κ1) is 15.6. The van der Waals surface area contributed by atoms with Crippen molar-refractivity contribution in [2.75, 3.05) is 25.1 Å². The number of benzene rings is 2. The summed E-state index contributed by atoms with van der Waals surface area (Å²) in [5.74, 6) is 0.204. The van der Waals surface area contributed by atoms with Gasteiger partial charge in [-0.25, -0.2) is 0 Å². The zero-order valence-electron chi connectivity index (χ0n) is 13.3. The molecule has 0 saturated carbocycles. The van der Waals surface area contributed by atoms with Crippen LogP contribution >= 0.6 is 0 Å². The molecule has 2 aromatic rings. The summed E-state index contributed by atoms with van der Waals surface area (Å²) < 4.78 is 0. The lowest BCUT2D eigenvalue weighted by atomic mass is 9.92. The van der Waals surface area contributed by atoms with E-state index in [2.05, 4.69) is 34.5 Å². The first-order valence-electron chi connectivity index (χ1n) is 7.96. The molecule has 23 heavy (non-hydrogen) atoms. The van der Waals surface area contributed by atoms with Gasteiger partial charge in [-0.2, -0.15) is 0 Å². The second kappa shape index (κ2) is 6.84. The minimum absolute atomic E-state index is 0.0692. The number of hydrogen-bond acceptors (Lipinski definition) is 3. The van der Waals surface area contributed by atoms with Gasteiger partial charge in [-0.3, -0.25) is 4.79 Å². The fourth-order valence-electron chi connectivity index (χ4n) is 3.18. The third-order valence-electron chi connectivity index (χ3n) is 4.39. The molecule has 1 aliphatic heterocycles. The Morgan fingerprint density at radius 3 is 2.65 bits per heavy atom. The first-order valence-corrected chi connectivity index (χ1v) is 7.96. The van der Waals surface area contributed by atoms with E-state index in [1.807, 2.05) is 24.3 Å². The molecular formula is C19H22N2O2. The van der Waals surface area contributed by atoms with Crippen LogP contribution in [-0.4, -0.2) is 31.2 Å². The normalized spacial score (nSPS) is 16.8. The van der Waals surface area contributed by atoms with Gasteiger partial charge in [0.2, 0.25) is 0 Å². The van der Waals surface area contributed by atoms with Crippen molar-refractivity contribution in [3.8, 4) is 0 Å². The van der Waals surface area contributed by atoms with Crippen LogP contribution in [0.4, 0.5) is 5.69 Å². The number of anilines is 1. The number of nitrogens with one attached hydrogen (secondary N) is 1. The molecule has 4 heteroatoms. The van der Waals surface area contributed by atoms with Gasteiger partial charge in [0.05, 0.1) is 0 Å².